The van der Waals surface area contributed by atoms with Gasteiger partial charge in [0.2, 0.25) is 11.8 Å². The van der Waals surface area contributed by atoms with E-state index in [2.05, 4.69) is 5.32 Å². The van der Waals surface area contributed by atoms with Crippen molar-refractivity contribution in [2.45, 2.75) is 34.1 Å². The van der Waals surface area contributed by atoms with Crippen molar-refractivity contribution < 1.29 is 9.59 Å². The molecule has 0 fully saturated rings. The first-order valence-electron chi connectivity index (χ1n) is 9.18. The normalized spacial score (nSPS) is 21.3. The fraction of sp³-hybridized carbons (Fsp3) is 0.182. The van der Waals surface area contributed by atoms with Gasteiger partial charge >= 0.3 is 0 Å². The molecule has 3 aromatic carbocycles. The van der Waals surface area contributed by atoms with E-state index in [1.54, 1.807) is 23.5 Å². The Labute approximate surface area is 171 Å². The number of rotatable bonds is 1. The molecule has 5 rings (SSSR count). The third-order valence-electron chi connectivity index (χ3n) is 5.11. The summed E-state index contributed by atoms with van der Waals surface area (Å²) in [6.45, 7) is 3.87. The highest BCUT2D eigenvalue weighted by molar-refractivity contribution is 8.04. The highest BCUT2D eigenvalue weighted by Crippen LogP contribution is 2.55. The third kappa shape index (κ3) is 2.55. The quantitative estimate of drug-likeness (QED) is 0.585. The van der Waals surface area contributed by atoms with Crippen LogP contribution in [-0.2, 0) is 9.59 Å². The number of fused-ring (bicyclic) bond motifs is 6. The van der Waals surface area contributed by atoms with Gasteiger partial charge in [0.25, 0.3) is 0 Å². The lowest BCUT2D eigenvalue weighted by Gasteiger charge is -2.37. The second-order valence-corrected chi connectivity index (χ2v) is 9.65. The highest BCUT2D eigenvalue weighted by atomic mass is 32.2. The van der Waals surface area contributed by atoms with Crippen molar-refractivity contribution in [3.05, 3.63) is 54.6 Å². The van der Waals surface area contributed by atoms with Crippen LogP contribution in [0.15, 0.2) is 64.4 Å². The molecule has 140 valence electrons. The summed E-state index contributed by atoms with van der Waals surface area (Å²) in [6, 6.07) is 17.8. The smallest absolute Gasteiger partial charge is 0.244 e. The summed E-state index contributed by atoms with van der Waals surface area (Å²) in [4.78, 5) is 29.6. The average Bonchev–Trinajstić information content (AvgIpc) is 2.71. The van der Waals surface area contributed by atoms with Crippen molar-refractivity contribution in [3.8, 4) is 0 Å². The molecule has 3 aromatic rings. The number of thioether (sulfide) groups is 2. The van der Waals surface area contributed by atoms with Crippen LogP contribution < -0.4 is 10.2 Å². The molecule has 28 heavy (non-hydrogen) atoms. The lowest BCUT2D eigenvalue weighted by Crippen LogP contribution is -2.37. The van der Waals surface area contributed by atoms with Crippen LogP contribution in [0.25, 0.3) is 10.8 Å². The molecule has 2 amide bonds. The number of carbonyl (C=O) groups excluding carboxylic acids is 2. The second-order valence-electron chi connectivity index (χ2n) is 6.95. The Morgan fingerprint density at radius 2 is 1.46 bits per heavy atom. The maximum Gasteiger partial charge on any atom is 0.244 e. The van der Waals surface area contributed by atoms with Crippen LogP contribution in [0.4, 0.5) is 17.1 Å². The summed E-state index contributed by atoms with van der Waals surface area (Å²) in [6.07, 6.45) is 0. The number of carbonyl (C=O) groups is 2. The SMILES string of the molecule is CC1Sc2c3c(c4ccccc4c2NC1=O)N(c1ccccc1)C(=O)C(C)S3. The monoisotopic (exact) mass is 406 g/mol. The summed E-state index contributed by atoms with van der Waals surface area (Å²) in [5.74, 6) is 0.0964. The molecule has 0 spiro atoms. The van der Waals surface area contributed by atoms with Gasteiger partial charge in [0.05, 0.1) is 21.9 Å². The Morgan fingerprint density at radius 1 is 0.821 bits per heavy atom. The summed E-state index contributed by atoms with van der Waals surface area (Å²) in [7, 11) is 0. The van der Waals surface area contributed by atoms with Gasteiger partial charge in [-0.1, -0.05) is 42.5 Å². The van der Waals surface area contributed by atoms with Crippen molar-refractivity contribution >= 4 is 63.2 Å². The number of hydrogen-bond donors (Lipinski definition) is 1. The average molecular weight is 407 g/mol. The Morgan fingerprint density at radius 3 is 2.21 bits per heavy atom. The Hall–Kier alpha value is -2.44. The molecule has 2 heterocycles. The minimum atomic E-state index is -0.202. The van der Waals surface area contributed by atoms with E-state index < -0.39 is 0 Å². The number of anilines is 3. The van der Waals surface area contributed by atoms with Crippen LogP contribution in [0.1, 0.15) is 13.8 Å². The van der Waals surface area contributed by atoms with Crippen molar-refractivity contribution in [1.82, 2.24) is 0 Å². The van der Waals surface area contributed by atoms with Crippen LogP contribution in [0, 0.1) is 0 Å². The summed E-state index contributed by atoms with van der Waals surface area (Å²) in [5, 5.41) is 4.68. The van der Waals surface area contributed by atoms with Crippen LogP contribution in [0.5, 0.6) is 0 Å². The zero-order valence-electron chi connectivity index (χ0n) is 15.4. The maximum atomic E-state index is 13.2. The fourth-order valence-corrected chi connectivity index (χ4v) is 6.12. The zero-order chi connectivity index (χ0) is 19.4. The highest BCUT2D eigenvalue weighted by Gasteiger charge is 2.38. The predicted molar refractivity (Wildman–Crippen MR) is 117 cm³/mol. The van der Waals surface area contributed by atoms with Crippen molar-refractivity contribution in [2.24, 2.45) is 0 Å². The van der Waals surface area contributed by atoms with Gasteiger partial charge in [-0.25, -0.2) is 0 Å². The molecule has 0 aromatic heterocycles. The van der Waals surface area contributed by atoms with Gasteiger partial charge in [-0.15, -0.1) is 23.5 Å². The molecular formula is C22H18N2O2S2. The van der Waals surface area contributed by atoms with Crippen molar-refractivity contribution in [1.29, 1.82) is 0 Å². The summed E-state index contributed by atoms with van der Waals surface area (Å²) >= 11 is 3.17. The van der Waals surface area contributed by atoms with E-state index in [9.17, 15) is 9.59 Å². The van der Waals surface area contributed by atoms with Gasteiger partial charge in [0.1, 0.15) is 0 Å². The van der Waals surface area contributed by atoms with Gasteiger partial charge < -0.3 is 5.32 Å². The number of amides is 2. The number of nitrogens with one attached hydrogen (secondary N) is 1. The molecule has 2 atom stereocenters. The van der Waals surface area contributed by atoms with Gasteiger partial charge in [0, 0.05) is 26.3 Å². The predicted octanol–water partition coefficient (Wildman–Crippen LogP) is 5.43. The third-order valence-corrected chi connectivity index (χ3v) is 7.64. The van der Waals surface area contributed by atoms with E-state index in [0.717, 1.165) is 37.6 Å². The molecule has 0 aliphatic carbocycles. The Kier molecular flexibility index (Phi) is 4.14. The summed E-state index contributed by atoms with van der Waals surface area (Å²) < 4.78 is 0. The maximum absolute atomic E-state index is 13.2. The van der Waals surface area contributed by atoms with Gasteiger partial charge in [-0.3, -0.25) is 14.5 Å². The molecular weight excluding hydrogens is 388 g/mol. The van der Waals surface area contributed by atoms with E-state index in [-0.39, 0.29) is 22.3 Å². The van der Waals surface area contributed by atoms with Crippen LogP contribution in [0.2, 0.25) is 0 Å². The van der Waals surface area contributed by atoms with E-state index in [1.807, 2.05) is 73.3 Å². The van der Waals surface area contributed by atoms with Crippen molar-refractivity contribution in [2.75, 3.05) is 10.2 Å². The standard InChI is InChI=1S/C22H18N2O2S2/c1-12-21(25)23-17-15-10-6-7-11-16(15)18-20(19(17)27-12)28-13(2)22(26)24(18)14-8-4-3-5-9-14/h3-13H,1-2H3,(H,23,25). The molecule has 4 nitrogen and oxygen atoms in total. The lowest BCUT2D eigenvalue weighted by atomic mass is 10.0. The Bertz CT molecular complexity index is 1130. The van der Waals surface area contributed by atoms with E-state index in [1.165, 1.54) is 0 Å². The fourth-order valence-electron chi connectivity index (χ4n) is 3.75. The number of hydrogen-bond acceptors (Lipinski definition) is 4. The molecule has 0 bridgehead atoms. The van der Waals surface area contributed by atoms with E-state index in [4.69, 9.17) is 0 Å². The number of para-hydroxylation sites is 1. The molecule has 0 radical (unpaired) electrons. The first-order valence-corrected chi connectivity index (χ1v) is 10.9. The molecule has 2 aliphatic rings. The van der Waals surface area contributed by atoms with Crippen LogP contribution in [-0.4, -0.2) is 22.3 Å². The van der Waals surface area contributed by atoms with Crippen molar-refractivity contribution in [3.63, 3.8) is 0 Å². The zero-order valence-corrected chi connectivity index (χ0v) is 17.1. The minimum Gasteiger partial charge on any atom is -0.324 e. The van der Waals surface area contributed by atoms with Gasteiger partial charge in [-0.2, -0.15) is 0 Å². The minimum absolute atomic E-state index is 0.0208. The summed E-state index contributed by atoms with van der Waals surface area (Å²) in [5.41, 5.74) is 2.65. The molecule has 2 unspecified atom stereocenters. The van der Waals surface area contributed by atoms with E-state index >= 15 is 0 Å². The Balaban J connectivity index is 1.88. The van der Waals surface area contributed by atoms with Crippen LogP contribution in [0.3, 0.4) is 0 Å². The molecule has 0 saturated heterocycles. The van der Waals surface area contributed by atoms with E-state index in [0.29, 0.717) is 0 Å². The molecule has 0 saturated carbocycles. The molecule has 6 heteroatoms. The first kappa shape index (κ1) is 17.6. The van der Waals surface area contributed by atoms with Crippen LogP contribution >= 0.6 is 23.5 Å². The van der Waals surface area contributed by atoms with Gasteiger partial charge in [-0.05, 0) is 26.0 Å². The first-order chi connectivity index (χ1) is 13.6. The number of nitrogens with zero attached hydrogens (tertiary/aromatic N) is 1. The largest absolute Gasteiger partial charge is 0.324 e. The van der Waals surface area contributed by atoms with Gasteiger partial charge in [0.15, 0.2) is 0 Å². The molecule has 1 N–H and O–H groups in total. The molecule has 2 aliphatic heterocycles. The second kappa shape index (κ2) is 6.57. The topological polar surface area (TPSA) is 49.4 Å². The lowest BCUT2D eigenvalue weighted by molar-refractivity contribution is -0.117. The number of benzene rings is 3.